The summed E-state index contributed by atoms with van der Waals surface area (Å²) in [6.07, 6.45) is -8.96. The van der Waals surface area contributed by atoms with E-state index in [-0.39, 0.29) is 5.69 Å². The lowest BCUT2D eigenvalue weighted by Crippen LogP contribution is -2.74. The molecule has 1 aliphatic rings. The molecule has 5 nitrogen and oxygen atoms in total. The number of carbonyl (C=O) groups excluding carboxylic acids is 2. The molecular formula is C27H29F6N3O2. The number of hydrogen-bond donors (Lipinski definition) is 2. The van der Waals surface area contributed by atoms with Crippen molar-refractivity contribution in [3.05, 3.63) is 65.7 Å². The van der Waals surface area contributed by atoms with E-state index in [0.717, 1.165) is 38.3 Å². The van der Waals surface area contributed by atoms with Crippen molar-refractivity contribution in [3.63, 3.8) is 0 Å². The molecule has 1 saturated carbocycles. The summed E-state index contributed by atoms with van der Waals surface area (Å²) in [6.45, 7) is 2.63. The topological polar surface area (TPSA) is 70.6 Å². The monoisotopic (exact) mass is 541 g/mol. The van der Waals surface area contributed by atoms with Crippen molar-refractivity contribution in [2.24, 2.45) is 10.9 Å². The fraction of sp³-hybridized carbons (Fsp3) is 0.444. The van der Waals surface area contributed by atoms with Crippen molar-refractivity contribution >= 4 is 23.2 Å². The number of halogens is 6. The minimum atomic E-state index is -6.12. The van der Waals surface area contributed by atoms with Crippen LogP contribution in [0.5, 0.6) is 0 Å². The summed E-state index contributed by atoms with van der Waals surface area (Å²) < 4.78 is 88.4. The van der Waals surface area contributed by atoms with Gasteiger partial charge in [-0.05, 0) is 51.0 Å². The lowest BCUT2D eigenvalue weighted by Gasteiger charge is -2.43. The van der Waals surface area contributed by atoms with Crippen molar-refractivity contribution in [1.29, 1.82) is 0 Å². The smallest absolute Gasteiger partial charge is 0.329 e. The summed E-state index contributed by atoms with van der Waals surface area (Å²) in [5, 5.41) is 3.36. The van der Waals surface area contributed by atoms with Crippen molar-refractivity contribution in [2.45, 2.75) is 69.9 Å². The minimum absolute atomic E-state index is 0.00363. The van der Waals surface area contributed by atoms with Crippen LogP contribution < -0.4 is 10.6 Å². The predicted molar refractivity (Wildman–Crippen MR) is 132 cm³/mol. The Labute approximate surface area is 216 Å². The molecule has 0 spiro atoms. The van der Waals surface area contributed by atoms with Crippen LogP contribution in [-0.2, 0) is 4.79 Å². The number of benzene rings is 2. The molecule has 11 heteroatoms. The first kappa shape index (κ1) is 29.2. The Morgan fingerprint density at radius 3 is 1.95 bits per heavy atom. The first-order valence-electron chi connectivity index (χ1n) is 12.2. The van der Waals surface area contributed by atoms with E-state index in [4.69, 9.17) is 0 Å². The average molecular weight is 542 g/mol. The highest BCUT2D eigenvalue weighted by Crippen LogP contribution is 2.49. The molecule has 0 unspecified atom stereocenters. The Morgan fingerprint density at radius 2 is 1.42 bits per heavy atom. The lowest BCUT2D eigenvalue weighted by molar-refractivity contribution is -0.310. The Balaban J connectivity index is 2.19. The predicted octanol–water partition coefficient (Wildman–Crippen LogP) is 6.64. The second-order valence-electron chi connectivity index (χ2n) is 9.47. The molecule has 2 N–H and O–H groups in total. The summed E-state index contributed by atoms with van der Waals surface area (Å²) >= 11 is 0. The number of para-hydroxylation sites is 1. The number of aliphatic imine (C=N–C) groups is 1. The molecule has 0 saturated heterocycles. The highest BCUT2D eigenvalue weighted by molar-refractivity contribution is 6.10. The van der Waals surface area contributed by atoms with Gasteiger partial charge in [0.1, 0.15) is 5.92 Å². The van der Waals surface area contributed by atoms with Crippen molar-refractivity contribution < 1.29 is 35.9 Å². The van der Waals surface area contributed by atoms with Gasteiger partial charge in [0.05, 0.1) is 0 Å². The molecule has 0 heterocycles. The van der Waals surface area contributed by atoms with Crippen LogP contribution in [0.1, 0.15) is 54.9 Å². The SMILES string of the molecule is CC(=NC1CCCCC1)[C@@H](C(=O)Nc1ccccc1)C(NC(=O)c1ccc(C)cc1)(C(F)(F)F)C(F)(F)F. The van der Waals surface area contributed by atoms with Gasteiger partial charge in [0.25, 0.3) is 5.91 Å². The van der Waals surface area contributed by atoms with Crippen LogP contribution >= 0.6 is 0 Å². The van der Waals surface area contributed by atoms with Crippen LogP contribution in [0.2, 0.25) is 0 Å². The molecule has 2 aromatic rings. The van der Waals surface area contributed by atoms with Crippen LogP contribution in [0, 0.1) is 12.8 Å². The summed E-state index contributed by atoms with van der Waals surface area (Å²) in [4.78, 5) is 30.4. The molecule has 0 radical (unpaired) electrons. The van der Waals surface area contributed by atoms with E-state index in [2.05, 4.69) is 10.3 Å². The third-order valence-corrected chi connectivity index (χ3v) is 6.63. The van der Waals surface area contributed by atoms with E-state index in [9.17, 15) is 35.9 Å². The second-order valence-corrected chi connectivity index (χ2v) is 9.47. The molecule has 2 amide bonds. The van der Waals surface area contributed by atoms with E-state index in [0.29, 0.717) is 18.4 Å². The molecule has 0 bridgehead atoms. The van der Waals surface area contributed by atoms with Gasteiger partial charge in [-0.15, -0.1) is 0 Å². The van der Waals surface area contributed by atoms with Gasteiger partial charge in [-0.3, -0.25) is 14.6 Å². The minimum Gasteiger partial charge on any atom is -0.329 e. The number of amides is 2. The number of nitrogens with one attached hydrogen (secondary N) is 2. The van der Waals surface area contributed by atoms with E-state index in [1.54, 1.807) is 13.0 Å². The van der Waals surface area contributed by atoms with Crippen LogP contribution in [0.3, 0.4) is 0 Å². The van der Waals surface area contributed by atoms with E-state index in [1.807, 2.05) is 0 Å². The summed E-state index contributed by atoms with van der Waals surface area (Å²) in [5.41, 5.74) is -5.39. The molecule has 2 aromatic carbocycles. The van der Waals surface area contributed by atoms with Gasteiger partial charge in [-0.25, -0.2) is 0 Å². The van der Waals surface area contributed by atoms with Gasteiger partial charge in [0, 0.05) is 23.0 Å². The maximum absolute atomic E-state index is 14.7. The maximum atomic E-state index is 14.7. The molecule has 206 valence electrons. The van der Waals surface area contributed by atoms with Gasteiger partial charge in [-0.2, -0.15) is 26.3 Å². The van der Waals surface area contributed by atoms with E-state index < -0.39 is 52.9 Å². The molecule has 1 aliphatic carbocycles. The normalized spacial score (nSPS) is 16.6. The Hall–Kier alpha value is -3.37. The highest BCUT2D eigenvalue weighted by Gasteiger charge is 2.77. The van der Waals surface area contributed by atoms with Gasteiger partial charge >= 0.3 is 12.4 Å². The largest absolute Gasteiger partial charge is 0.421 e. The third kappa shape index (κ3) is 6.36. The number of anilines is 1. The number of alkyl halides is 6. The maximum Gasteiger partial charge on any atom is 0.421 e. The lowest BCUT2D eigenvalue weighted by atomic mass is 9.77. The standard InChI is InChI=1S/C27H29F6N3O2/c1-17-13-15-19(16-14-17)23(37)36-25(26(28,29)30,27(31,32)33)22(18(2)34-20-9-5-3-6-10-20)24(38)35-21-11-7-4-8-12-21/h4,7-8,11-16,20,22H,3,5-6,9-10H2,1-2H3,(H,35,38)(H,36,37)/t22-/m0/s1. The van der Waals surface area contributed by atoms with E-state index >= 15 is 0 Å². The van der Waals surface area contributed by atoms with Crippen LogP contribution in [0.15, 0.2) is 59.6 Å². The molecule has 3 rings (SSSR count). The van der Waals surface area contributed by atoms with Gasteiger partial charge in [0.2, 0.25) is 11.4 Å². The van der Waals surface area contributed by atoms with Crippen molar-refractivity contribution in [1.82, 2.24) is 5.32 Å². The van der Waals surface area contributed by atoms with Gasteiger partial charge in [0.15, 0.2) is 0 Å². The summed E-state index contributed by atoms with van der Waals surface area (Å²) in [5.74, 6) is -6.14. The molecule has 1 fully saturated rings. The van der Waals surface area contributed by atoms with Crippen molar-refractivity contribution in [2.75, 3.05) is 5.32 Å². The van der Waals surface area contributed by atoms with Crippen LogP contribution in [0.4, 0.5) is 32.0 Å². The number of carbonyl (C=O) groups is 2. The first-order valence-corrected chi connectivity index (χ1v) is 12.2. The quantitative estimate of drug-likeness (QED) is 0.305. The number of rotatable bonds is 7. The van der Waals surface area contributed by atoms with Crippen LogP contribution in [-0.4, -0.2) is 41.5 Å². The zero-order valence-corrected chi connectivity index (χ0v) is 20.9. The van der Waals surface area contributed by atoms with Gasteiger partial charge in [-0.1, -0.05) is 55.2 Å². The Morgan fingerprint density at radius 1 is 0.868 bits per heavy atom. The molecule has 38 heavy (non-hydrogen) atoms. The third-order valence-electron chi connectivity index (χ3n) is 6.63. The van der Waals surface area contributed by atoms with Gasteiger partial charge < -0.3 is 10.6 Å². The number of hydrogen-bond acceptors (Lipinski definition) is 3. The number of aryl methyl sites for hydroxylation is 1. The highest BCUT2D eigenvalue weighted by atomic mass is 19.4. The van der Waals surface area contributed by atoms with Crippen LogP contribution in [0.25, 0.3) is 0 Å². The first-order chi connectivity index (χ1) is 17.8. The van der Waals surface area contributed by atoms with E-state index in [1.165, 1.54) is 41.7 Å². The summed E-state index contributed by atoms with van der Waals surface area (Å²) in [6, 6.07) is 11.6. The fourth-order valence-corrected chi connectivity index (χ4v) is 4.67. The Bertz CT molecular complexity index is 1120. The molecular weight excluding hydrogens is 512 g/mol. The molecule has 1 atom stereocenters. The zero-order valence-electron chi connectivity index (χ0n) is 20.9. The number of nitrogens with zero attached hydrogens (tertiary/aromatic N) is 1. The zero-order chi connectivity index (χ0) is 28.1. The second kappa shape index (κ2) is 11.6. The fourth-order valence-electron chi connectivity index (χ4n) is 4.67. The molecule has 0 aromatic heterocycles. The average Bonchev–Trinajstić information content (AvgIpc) is 2.83. The molecule has 0 aliphatic heterocycles. The summed E-state index contributed by atoms with van der Waals surface area (Å²) in [7, 11) is 0. The van der Waals surface area contributed by atoms with Crippen molar-refractivity contribution in [3.8, 4) is 0 Å². The Kier molecular flexibility index (Phi) is 8.89.